The summed E-state index contributed by atoms with van der Waals surface area (Å²) in [6.45, 7) is 0. The van der Waals surface area contributed by atoms with Crippen LogP contribution in [-0.4, -0.2) is 23.6 Å². The SMILES string of the molecule is O=C1NC(=O)[C@H]2[C@H]3C=C[C@@H]([C@@H]12)[C@@H]1[C@@H]2C(=O)NC(=O)[C@@H]2[C@H]31. The van der Waals surface area contributed by atoms with Crippen molar-refractivity contribution in [1.82, 2.24) is 10.6 Å². The average Bonchev–Trinajstić information content (AvgIpc) is 2.78. The second-order valence-electron chi connectivity index (χ2n) is 6.50. The fourth-order valence-corrected chi connectivity index (χ4v) is 5.44. The normalized spacial score (nSPS) is 54.0. The highest BCUT2D eigenvalue weighted by Crippen LogP contribution is 2.66. The van der Waals surface area contributed by atoms with Gasteiger partial charge in [-0.2, -0.15) is 0 Å². The average molecular weight is 272 g/mol. The Morgan fingerprint density at radius 1 is 0.600 bits per heavy atom. The molecule has 6 aliphatic rings. The molecule has 0 spiro atoms. The van der Waals surface area contributed by atoms with Crippen LogP contribution < -0.4 is 10.6 Å². The van der Waals surface area contributed by atoms with Gasteiger partial charge in [0.1, 0.15) is 0 Å². The van der Waals surface area contributed by atoms with Crippen molar-refractivity contribution in [3.8, 4) is 0 Å². The first kappa shape index (κ1) is 10.8. The van der Waals surface area contributed by atoms with Gasteiger partial charge in [-0.15, -0.1) is 0 Å². The number of rotatable bonds is 0. The number of amides is 4. The summed E-state index contributed by atoms with van der Waals surface area (Å²) < 4.78 is 0. The van der Waals surface area contributed by atoms with Crippen LogP contribution in [0.15, 0.2) is 12.2 Å². The second-order valence-corrected chi connectivity index (χ2v) is 6.50. The van der Waals surface area contributed by atoms with Crippen LogP contribution in [0.2, 0.25) is 0 Å². The fraction of sp³-hybridized carbons (Fsp3) is 0.571. The van der Waals surface area contributed by atoms with Crippen LogP contribution in [0.4, 0.5) is 0 Å². The monoisotopic (exact) mass is 272 g/mol. The predicted molar refractivity (Wildman–Crippen MR) is 63.4 cm³/mol. The van der Waals surface area contributed by atoms with Gasteiger partial charge < -0.3 is 0 Å². The summed E-state index contributed by atoms with van der Waals surface area (Å²) in [4.78, 5) is 47.8. The molecule has 8 atom stereocenters. The zero-order chi connectivity index (χ0) is 13.8. The molecule has 0 aromatic rings. The topological polar surface area (TPSA) is 92.3 Å². The van der Waals surface area contributed by atoms with E-state index < -0.39 is 0 Å². The number of fused-ring (bicyclic) bond motifs is 1. The smallest absolute Gasteiger partial charge is 0.231 e. The molecular weight excluding hydrogens is 260 g/mol. The maximum absolute atomic E-state index is 12.0. The number of hydrogen-bond donors (Lipinski definition) is 2. The molecule has 0 radical (unpaired) electrons. The lowest BCUT2D eigenvalue weighted by atomic mass is 9.40. The molecule has 0 unspecified atom stereocenters. The lowest BCUT2D eigenvalue weighted by Gasteiger charge is -2.60. The fourth-order valence-electron chi connectivity index (χ4n) is 5.44. The van der Waals surface area contributed by atoms with Gasteiger partial charge in [0.25, 0.3) is 0 Å². The van der Waals surface area contributed by atoms with Gasteiger partial charge in [0.2, 0.25) is 23.6 Å². The van der Waals surface area contributed by atoms with Gasteiger partial charge in [0.05, 0.1) is 23.7 Å². The molecule has 4 fully saturated rings. The minimum atomic E-state index is -0.344. The molecule has 6 rings (SSSR count). The number of allylic oxidation sites excluding steroid dienone is 2. The number of imide groups is 2. The molecule has 102 valence electrons. The quantitative estimate of drug-likeness (QED) is 0.429. The Kier molecular flexibility index (Phi) is 1.63. The van der Waals surface area contributed by atoms with Crippen LogP contribution in [0.3, 0.4) is 0 Å². The summed E-state index contributed by atoms with van der Waals surface area (Å²) in [7, 11) is 0. The van der Waals surface area contributed by atoms with Crippen molar-refractivity contribution in [3.05, 3.63) is 12.2 Å². The Morgan fingerprint density at radius 2 is 0.950 bits per heavy atom. The second kappa shape index (κ2) is 3.02. The minimum Gasteiger partial charge on any atom is -0.296 e. The van der Waals surface area contributed by atoms with Crippen molar-refractivity contribution in [2.24, 2.45) is 47.3 Å². The lowest BCUT2D eigenvalue weighted by Crippen LogP contribution is -2.63. The van der Waals surface area contributed by atoms with Crippen molar-refractivity contribution in [2.45, 2.75) is 0 Å². The van der Waals surface area contributed by atoms with E-state index in [0.717, 1.165) is 0 Å². The standard InChI is InChI=1S/C14H12N2O4/c17-11-7-3-1-2-4(8(7)12(18)15-11)6-5(3)9-10(6)14(20)16-13(9)19/h1-10H,(H,15,17,18)(H,16,19,20)/t3-,4+,5+,6-,7-,8+,9+,10-. The molecule has 6 heteroatoms. The van der Waals surface area contributed by atoms with Crippen molar-refractivity contribution < 1.29 is 19.2 Å². The van der Waals surface area contributed by atoms with E-state index in [-0.39, 0.29) is 71.0 Å². The zero-order valence-corrected chi connectivity index (χ0v) is 10.4. The van der Waals surface area contributed by atoms with Gasteiger partial charge in [-0.05, 0) is 23.7 Å². The molecule has 4 amide bonds. The molecule has 2 heterocycles. The van der Waals surface area contributed by atoms with Crippen LogP contribution in [-0.2, 0) is 19.2 Å². The third kappa shape index (κ3) is 0.910. The Hall–Kier alpha value is -1.98. The highest BCUT2D eigenvalue weighted by molar-refractivity contribution is 6.09. The molecule has 0 aromatic heterocycles. The first-order valence-corrected chi connectivity index (χ1v) is 6.97. The summed E-state index contributed by atoms with van der Waals surface area (Å²) in [5.74, 6) is -2.21. The van der Waals surface area contributed by atoms with Crippen molar-refractivity contribution >= 4 is 23.6 Å². The Balaban J connectivity index is 1.63. The van der Waals surface area contributed by atoms with E-state index in [9.17, 15) is 19.2 Å². The van der Waals surface area contributed by atoms with Crippen molar-refractivity contribution in [3.63, 3.8) is 0 Å². The minimum absolute atomic E-state index is 0.0411. The van der Waals surface area contributed by atoms with E-state index in [2.05, 4.69) is 10.6 Å². The van der Waals surface area contributed by atoms with E-state index in [1.165, 1.54) is 0 Å². The summed E-state index contributed by atoms with van der Waals surface area (Å²) in [5.41, 5.74) is 0. The Morgan fingerprint density at radius 3 is 1.35 bits per heavy atom. The molecule has 0 aromatic carbocycles. The van der Waals surface area contributed by atoms with Gasteiger partial charge in [-0.25, -0.2) is 0 Å². The Bertz CT molecular complexity index is 587. The number of nitrogens with one attached hydrogen (secondary N) is 2. The molecule has 2 saturated heterocycles. The number of carbonyl (C=O) groups is 4. The molecule has 2 aliphatic heterocycles. The van der Waals surface area contributed by atoms with E-state index in [1.807, 2.05) is 12.2 Å². The predicted octanol–water partition coefficient (Wildman–Crippen LogP) is -1.17. The van der Waals surface area contributed by atoms with E-state index in [4.69, 9.17) is 0 Å². The first-order valence-electron chi connectivity index (χ1n) is 6.97. The van der Waals surface area contributed by atoms with Crippen molar-refractivity contribution in [1.29, 1.82) is 0 Å². The molecular formula is C14H12N2O4. The number of hydrogen-bond acceptors (Lipinski definition) is 4. The third-order valence-corrected chi connectivity index (χ3v) is 6.03. The van der Waals surface area contributed by atoms with Crippen LogP contribution >= 0.6 is 0 Å². The van der Waals surface area contributed by atoms with E-state index in [1.54, 1.807) is 0 Å². The molecule has 6 nitrogen and oxygen atoms in total. The summed E-state index contributed by atoms with van der Waals surface area (Å²) >= 11 is 0. The molecule has 2 bridgehead atoms. The first-order chi connectivity index (χ1) is 9.59. The van der Waals surface area contributed by atoms with Gasteiger partial charge in [0, 0.05) is 0 Å². The van der Waals surface area contributed by atoms with Crippen LogP contribution in [0.25, 0.3) is 0 Å². The maximum Gasteiger partial charge on any atom is 0.231 e. The summed E-state index contributed by atoms with van der Waals surface area (Å²) in [6, 6.07) is 0. The van der Waals surface area contributed by atoms with Gasteiger partial charge in [-0.3, -0.25) is 29.8 Å². The molecule has 4 aliphatic carbocycles. The molecule has 20 heavy (non-hydrogen) atoms. The van der Waals surface area contributed by atoms with E-state index >= 15 is 0 Å². The van der Waals surface area contributed by atoms with Gasteiger partial charge in [0.15, 0.2) is 0 Å². The molecule has 2 N–H and O–H groups in total. The summed E-state index contributed by atoms with van der Waals surface area (Å²) in [5, 5.41) is 4.81. The summed E-state index contributed by atoms with van der Waals surface area (Å²) in [6.07, 6.45) is 3.97. The zero-order valence-electron chi connectivity index (χ0n) is 10.4. The van der Waals surface area contributed by atoms with E-state index in [0.29, 0.717) is 0 Å². The van der Waals surface area contributed by atoms with Crippen LogP contribution in [0.5, 0.6) is 0 Å². The lowest BCUT2D eigenvalue weighted by molar-refractivity contribution is -0.166. The highest BCUT2D eigenvalue weighted by atomic mass is 16.2. The highest BCUT2D eigenvalue weighted by Gasteiger charge is 2.72. The van der Waals surface area contributed by atoms with Crippen LogP contribution in [0.1, 0.15) is 0 Å². The van der Waals surface area contributed by atoms with Crippen LogP contribution in [0, 0.1) is 47.3 Å². The van der Waals surface area contributed by atoms with Crippen molar-refractivity contribution in [2.75, 3.05) is 0 Å². The largest absolute Gasteiger partial charge is 0.296 e. The van der Waals surface area contributed by atoms with Gasteiger partial charge >= 0.3 is 0 Å². The Labute approximate surface area is 114 Å². The molecule has 2 saturated carbocycles. The number of carbonyl (C=O) groups excluding carboxylic acids is 4. The third-order valence-electron chi connectivity index (χ3n) is 6.03. The van der Waals surface area contributed by atoms with Gasteiger partial charge in [-0.1, -0.05) is 12.2 Å². The maximum atomic E-state index is 12.0.